The van der Waals surface area contributed by atoms with E-state index in [1.165, 1.54) is 60.8 Å². The average Bonchev–Trinajstić information content (AvgIpc) is 2.75. The molecule has 0 heterocycles. The Hall–Kier alpha value is -2.99. The van der Waals surface area contributed by atoms with Gasteiger partial charge in [0, 0.05) is 17.2 Å². The van der Waals surface area contributed by atoms with Crippen LogP contribution >= 0.6 is 39.1 Å². The highest BCUT2D eigenvalue weighted by Crippen LogP contribution is 2.29. The molecule has 13 heteroatoms. The molecule has 0 fully saturated rings. The molecule has 0 unspecified atom stereocenters. The average molecular weight is 573 g/mol. The summed E-state index contributed by atoms with van der Waals surface area (Å²) in [5.74, 6) is -0.592. The molecule has 1 N–H and O–H groups in total. The first-order valence-corrected chi connectivity index (χ1v) is 11.8. The summed E-state index contributed by atoms with van der Waals surface area (Å²) in [6.45, 7) is 0. The van der Waals surface area contributed by atoms with Gasteiger partial charge in [-0.3, -0.25) is 14.9 Å². The quantitative estimate of drug-likeness (QED) is 0.179. The van der Waals surface area contributed by atoms with Crippen molar-refractivity contribution in [1.29, 1.82) is 0 Å². The lowest BCUT2D eigenvalue weighted by molar-refractivity contribution is -0.385. The van der Waals surface area contributed by atoms with Crippen LogP contribution in [-0.4, -0.2) is 25.5 Å². The molecule has 0 aromatic heterocycles. The molecule has 0 aliphatic carbocycles. The zero-order valence-corrected chi connectivity index (χ0v) is 20.2. The SMILES string of the molecule is O=C(N/N=C\c1ccc(OS(=O)(=O)c2cccc([N+](=O)[O-])c2)c(Br)c1)c1ccc(Cl)cc1Cl. The summed E-state index contributed by atoms with van der Waals surface area (Å²) < 4.78 is 30.3. The number of nitro benzene ring substituents is 1. The molecule has 0 atom stereocenters. The van der Waals surface area contributed by atoms with Crippen molar-refractivity contribution in [3.8, 4) is 5.75 Å². The number of nitro groups is 1. The highest BCUT2D eigenvalue weighted by molar-refractivity contribution is 9.10. The molecule has 0 saturated heterocycles. The van der Waals surface area contributed by atoms with Gasteiger partial charge in [0.15, 0.2) is 5.75 Å². The third-order valence-electron chi connectivity index (χ3n) is 4.03. The van der Waals surface area contributed by atoms with Gasteiger partial charge in [-0.2, -0.15) is 13.5 Å². The van der Waals surface area contributed by atoms with Crippen LogP contribution in [0.25, 0.3) is 0 Å². The fourth-order valence-corrected chi connectivity index (χ4v) is 4.55. The molecule has 33 heavy (non-hydrogen) atoms. The van der Waals surface area contributed by atoms with Crippen molar-refractivity contribution in [2.45, 2.75) is 4.90 Å². The van der Waals surface area contributed by atoms with E-state index in [0.717, 1.165) is 6.07 Å². The van der Waals surface area contributed by atoms with Crippen molar-refractivity contribution in [3.63, 3.8) is 0 Å². The van der Waals surface area contributed by atoms with Crippen molar-refractivity contribution < 1.29 is 22.3 Å². The van der Waals surface area contributed by atoms with Crippen LogP contribution in [0.3, 0.4) is 0 Å². The van der Waals surface area contributed by atoms with Gasteiger partial charge in [-0.15, -0.1) is 0 Å². The van der Waals surface area contributed by atoms with Crippen LogP contribution in [0.4, 0.5) is 5.69 Å². The number of nitrogens with one attached hydrogen (secondary N) is 1. The van der Waals surface area contributed by atoms with E-state index in [1.54, 1.807) is 0 Å². The summed E-state index contributed by atoms with van der Waals surface area (Å²) in [6.07, 6.45) is 1.32. The van der Waals surface area contributed by atoms with Crippen LogP contribution < -0.4 is 9.61 Å². The molecule has 0 radical (unpaired) electrons. The molecule has 0 bridgehead atoms. The predicted molar refractivity (Wildman–Crippen MR) is 127 cm³/mol. The van der Waals surface area contributed by atoms with Crippen LogP contribution in [0.2, 0.25) is 10.0 Å². The molecule has 9 nitrogen and oxygen atoms in total. The van der Waals surface area contributed by atoms with Crippen molar-refractivity contribution >= 4 is 67.1 Å². The Labute approximate surface area is 206 Å². The van der Waals surface area contributed by atoms with Crippen LogP contribution in [-0.2, 0) is 10.1 Å². The smallest absolute Gasteiger partial charge is 0.339 e. The Balaban J connectivity index is 1.71. The van der Waals surface area contributed by atoms with E-state index in [1.807, 2.05) is 0 Å². The zero-order chi connectivity index (χ0) is 24.2. The molecule has 0 spiro atoms. The number of benzene rings is 3. The van der Waals surface area contributed by atoms with Crippen molar-refractivity contribution in [2.24, 2.45) is 5.10 Å². The Morgan fingerprint density at radius 2 is 1.88 bits per heavy atom. The number of nitrogens with zero attached hydrogens (tertiary/aromatic N) is 2. The van der Waals surface area contributed by atoms with Gasteiger partial charge in [0.2, 0.25) is 0 Å². The summed E-state index contributed by atoms with van der Waals surface area (Å²) in [5, 5.41) is 15.3. The Kier molecular flexibility index (Phi) is 7.69. The van der Waals surface area contributed by atoms with Crippen molar-refractivity contribution in [1.82, 2.24) is 5.43 Å². The molecule has 0 saturated carbocycles. The predicted octanol–water partition coefficient (Wildman–Crippen LogP) is 5.20. The van der Waals surface area contributed by atoms with E-state index in [9.17, 15) is 23.3 Å². The van der Waals surface area contributed by atoms with Gasteiger partial charge < -0.3 is 4.18 Å². The van der Waals surface area contributed by atoms with Gasteiger partial charge >= 0.3 is 10.1 Å². The Bertz CT molecular complexity index is 1380. The maximum absolute atomic E-state index is 12.5. The Morgan fingerprint density at radius 3 is 2.55 bits per heavy atom. The molecule has 0 aliphatic rings. The first-order valence-electron chi connectivity index (χ1n) is 8.84. The normalized spacial score (nSPS) is 11.4. The third-order valence-corrected chi connectivity index (χ3v) is 6.43. The summed E-state index contributed by atoms with van der Waals surface area (Å²) in [7, 11) is -4.32. The largest absolute Gasteiger partial charge is 0.378 e. The van der Waals surface area contributed by atoms with Crippen LogP contribution in [0.5, 0.6) is 5.75 Å². The van der Waals surface area contributed by atoms with E-state index in [2.05, 4.69) is 26.5 Å². The minimum atomic E-state index is -4.32. The maximum Gasteiger partial charge on any atom is 0.339 e. The molecule has 170 valence electrons. The van der Waals surface area contributed by atoms with E-state index >= 15 is 0 Å². The standard InChI is InChI=1S/C20H12BrCl2N3O6S/c21-17-8-12(11-24-25-20(27)16-6-5-13(22)9-18(16)23)4-7-19(17)32-33(30,31)15-3-1-2-14(10-15)26(28)29/h1-11H,(H,25,27)/b24-11-. The van der Waals surface area contributed by atoms with E-state index < -0.39 is 20.9 Å². The van der Waals surface area contributed by atoms with Gasteiger partial charge in [0.1, 0.15) is 4.90 Å². The van der Waals surface area contributed by atoms with Crippen molar-refractivity contribution in [2.75, 3.05) is 0 Å². The van der Waals surface area contributed by atoms with Gasteiger partial charge in [-0.1, -0.05) is 29.3 Å². The summed E-state index contributed by atoms with van der Waals surface area (Å²) in [5.41, 5.74) is 2.63. The number of hydrazone groups is 1. The first-order chi connectivity index (χ1) is 15.6. The number of non-ortho nitro benzene ring substituents is 1. The lowest BCUT2D eigenvalue weighted by Crippen LogP contribution is -2.18. The van der Waals surface area contributed by atoms with Crippen LogP contribution in [0.15, 0.2) is 75.1 Å². The second-order valence-electron chi connectivity index (χ2n) is 6.31. The van der Waals surface area contributed by atoms with E-state index in [4.69, 9.17) is 27.4 Å². The summed E-state index contributed by atoms with van der Waals surface area (Å²) in [6, 6.07) is 13.3. The molecule has 3 aromatic carbocycles. The van der Waals surface area contributed by atoms with E-state index in [0.29, 0.717) is 10.6 Å². The number of carbonyl (C=O) groups excluding carboxylic acids is 1. The highest BCUT2D eigenvalue weighted by atomic mass is 79.9. The number of rotatable bonds is 7. The second kappa shape index (κ2) is 10.3. The van der Waals surface area contributed by atoms with Crippen LogP contribution in [0.1, 0.15) is 15.9 Å². The monoisotopic (exact) mass is 571 g/mol. The molecule has 1 amide bonds. The van der Waals surface area contributed by atoms with Crippen LogP contribution in [0, 0.1) is 10.1 Å². The lowest BCUT2D eigenvalue weighted by atomic mass is 10.2. The van der Waals surface area contributed by atoms with Gasteiger partial charge in [0.25, 0.3) is 11.6 Å². The topological polar surface area (TPSA) is 128 Å². The first kappa shape index (κ1) is 24.6. The van der Waals surface area contributed by atoms with Gasteiger partial charge in [-0.05, 0) is 64.0 Å². The van der Waals surface area contributed by atoms with Gasteiger partial charge in [0.05, 0.1) is 26.2 Å². The minimum absolute atomic E-state index is 0.0457. The fourth-order valence-electron chi connectivity index (χ4n) is 2.48. The fraction of sp³-hybridized carbons (Fsp3) is 0. The minimum Gasteiger partial charge on any atom is -0.378 e. The molecule has 0 aliphatic heterocycles. The number of carbonyl (C=O) groups is 1. The zero-order valence-electron chi connectivity index (χ0n) is 16.2. The summed E-state index contributed by atoms with van der Waals surface area (Å²) >= 11 is 15.0. The molecule has 3 rings (SSSR count). The second-order valence-corrected chi connectivity index (χ2v) is 9.55. The number of hydrogen-bond donors (Lipinski definition) is 1. The number of halogens is 3. The number of amides is 1. The molecular formula is C20H12BrCl2N3O6S. The van der Waals surface area contributed by atoms with Gasteiger partial charge in [-0.25, -0.2) is 5.43 Å². The lowest BCUT2D eigenvalue weighted by Gasteiger charge is -2.09. The third kappa shape index (κ3) is 6.29. The van der Waals surface area contributed by atoms with E-state index in [-0.39, 0.29) is 31.4 Å². The Morgan fingerprint density at radius 1 is 1.12 bits per heavy atom. The number of hydrogen-bond acceptors (Lipinski definition) is 7. The summed E-state index contributed by atoms with van der Waals surface area (Å²) in [4.78, 5) is 22.0. The highest BCUT2D eigenvalue weighted by Gasteiger charge is 2.21. The maximum atomic E-state index is 12.5. The van der Waals surface area contributed by atoms with Crippen molar-refractivity contribution in [3.05, 3.63) is 96.4 Å². The molecule has 3 aromatic rings. The molecular weight excluding hydrogens is 561 g/mol.